The monoisotopic (exact) mass is 587 g/mol. The first-order chi connectivity index (χ1) is 20.6. The molecule has 0 bridgehead atoms. The quantitative estimate of drug-likeness (QED) is 0.136. The summed E-state index contributed by atoms with van der Waals surface area (Å²) in [5, 5.41) is 10.9. The van der Waals surface area contributed by atoms with Crippen LogP contribution in [0.2, 0.25) is 0 Å². The Bertz CT molecular complexity index is 1880. The smallest absolute Gasteiger partial charge is 0.350 e. The van der Waals surface area contributed by atoms with Gasteiger partial charge in [-0.3, -0.25) is 19.5 Å². The summed E-state index contributed by atoms with van der Waals surface area (Å²) in [6, 6.07) is 5.14. The lowest BCUT2D eigenvalue weighted by atomic mass is 9.99. The van der Waals surface area contributed by atoms with Crippen LogP contribution in [0, 0.1) is 5.82 Å². The van der Waals surface area contributed by atoms with Crippen LogP contribution < -0.4 is 21.7 Å². The van der Waals surface area contributed by atoms with Crippen LogP contribution in [-0.2, 0) is 16.1 Å². The van der Waals surface area contributed by atoms with Crippen LogP contribution in [0.3, 0.4) is 0 Å². The Morgan fingerprint density at radius 1 is 1.16 bits per heavy atom. The minimum atomic E-state index is -0.711. The molecule has 0 unspecified atom stereocenters. The lowest BCUT2D eigenvalue weighted by Gasteiger charge is -2.19. The van der Waals surface area contributed by atoms with E-state index >= 15 is 4.39 Å². The van der Waals surface area contributed by atoms with E-state index in [1.165, 1.54) is 49.7 Å². The lowest BCUT2D eigenvalue weighted by Crippen LogP contribution is -2.33. The highest BCUT2D eigenvalue weighted by molar-refractivity contribution is 6.07. The van der Waals surface area contributed by atoms with Gasteiger partial charge in [0, 0.05) is 59.1 Å². The third-order valence-electron chi connectivity index (χ3n) is 6.57. The Kier molecular flexibility index (Phi) is 7.81. The van der Waals surface area contributed by atoms with E-state index < -0.39 is 17.8 Å². The number of amides is 1. The second-order valence-corrected chi connectivity index (χ2v) is 9.46. The predicted molar refractivity (Wildman–Crippen MR) is 154 cm³/mol. The maximum Gasteiger partial charge on any atom is 0.350 e. The number of carbonyl (C=O) groups is 3. The molecule has 0 fully saturated rings. The van der Waals surface area contributed by atoms with Crippen molar-refractivity contribution < 1.29 is 28.0 Å². The number of hydrogen-bond acceptors (Lipinski definition) is 12. The number of anilines is 3. The Morgan fingerprint density at radius 3 is 2.70 bits per heavy atom. The molecule has 1 aromatic carbocycles. The van der Waals surface area contributed by atoms with Gasteiger partial charge in [-0.05, 0) is 32.2 Å². The first kappa shape index (κ1) is 28.8. The highest BCUT2D eigenvalue weighted by Crippen LogP contribution is 2.38. The van der Waals surface area contributed by atoms with Crippen molar-refractivity contribution in [1.29, 1.82) is 0 Å². The number of ketones is 1. The maximum atomic E-state index is 15.0. The van der Waals surface area contributed by atoms with Crippen molar-refractivity contribution in [1.82, 2.24) is 30.2 Å². The number of carbonyl (C=O) groups excluding carboxylic acids is 3. The van der Waals surface area contributed by atoms with Crippen molar-refractivity contribution in [3.05, 3.63) is 66.0 Å². The van der Waals surface area contributed by atoms with E-state index in [4.69, 9.17) is 20.7 Å². The number of nitrogens with two attached hydrogens (primary N) is 2. The average Bonchev–Trinajstić information content (AvgIpc) is 3.63. The number of fused-ring (bicyclic) bond motifs is 1. The molecule has 0 aliphatic rings. The minimum absolute atomic E-state index is 0.00501. The summed E-state index contributed by atoms with van der Waals surface area (Å²) in [6.45, 7) is 1.27. The summed E-state index contributed by atoms with van der Waals surface area (Å²) in [4.78, 5) is 47.1. The fourth-order valence-electron chi connectivity index (χ4n) is 4.46. The Morgan fingerprint density at radius 2 is 1.95 bits per heavy atom. The SMILES string of the molecule is CNCC(=O)OCc1cccnc1N(C)C(=O)n1cc(-c2cnc(-c3cc(C(C)=O)c(N)cc3F)c3c(N)noc23)cn1. The van der Waals surface area contributed by atoms with Gasteiger partial charge in [0.25, 0.3) is 0 Å². The number of nitrogens with one attached hydrogen (secondary N) is 1. The van der Waals surface area contributed by atoms with Gasteiger partial charge in [0.2, 0.25) is 0 Å². The topological polar surface area (TPSA) is 197 Å². The van der Waals surface area contributed by atoms with E-state index in [9.17, 15) is 14.4 Å². The van der Waals surface area contributed by atoms with Crippen LogP contribution in [-0.4, -0.2) is 63.3 Å². The van der Waals surface area contributed by atoms with Crippen molar-refractivity contribution >= 4 is 46.1 Å². The third-order valence-corrected chi connectivity index (χ3v) is 6.57. The summed E-state index contributed by atoms with van der Waals surface area (Å²) in [6.07, 6.45) is 5.77. The van der Waals surface area contributed by atoms with E-state index in [0.717, 1.165) is 10.7 Å². The van der Waals surface area contributed by atoms with E-state index in [1.807, 2.05) is 0 Å². The molecule has 5 rings (SSSR count). The largest absolute Gasteiger partial charge is 0.460 e. The first-order valence-corrected chi connectivity index (χ1v) is 12.8. The fraction of sp³-hybridized carbons (Fsp3) is 0.179. The Hall–Kier alpha value is -5.70. The Labute approximate surface area is 243 Å². The summed E-state index contributed by atoms with van der Waals surface area (Å²) in [5.74, 6) is -1.30. The summed E-state index contributed by atoms with van der Waals surface area (Å²) in [7, 11) is 3.13. The average molecular weight is 588 g/mol. The van der Waals surface area contributed by atoms with Gasteiger partial charge in [0.15, 0.2) is 17.2 Å². The predicted octanol–water partition coefficient (Wildman–Crippen LogP) is 3.02. The van der Waals surface area contributed by atoms with Gasteiger partial charge in [-0.15, -0.1) is 0 Å². The molecular formula is C28H26FN9O5. The number of pyridine rings is 2. The molecule has 220 valence electrons. The molecule has 0 atom stereocenters. The molecule has 0 saturated heterocycles. The minimum Gasteiger partial charge on any atom is -0.460 e. The molecule has 15 heteroatoms. The second-order valence-electron chi connectivity index (χ2n) is 9.46. The highest BCUT2D eigenvalue weighted by Gasteiger charge is 2.24. The molecule has 43 heavy (non-hydrogen) atoms. The molecular weight excluding hydrogens is 561 g/mol. The number of aromatic nitrogens is 5. The van der Waals surface area contributed by atoms with Crippen LogP contribution in [0.25, 0.3) is 33.4 Å². The molecule has 5 aromatic rings. The maximum absolute atomic E-state index is 15.0. The van der Waals surface area contributed by atoms with Crippen molar-refractivity contribution in [2.24, 2.45) is 0 Å². The highest BCUT2D eigenvalue weighted by atomic mass is 19.1. The van der Waals surface area contributed by atoms with Crippen LogP contribution >= 0.6 is 0 Å². The first-order valence-electron chi connectivity index (χ1n) is 12.8. The van der Waals surface area contributed by atoms with Gasteiger partial charge in [-0.2, -0.15) is 9.78 Å². The van der Waals surface area contributed by atoms with Crippen LogP contribution in [0.1, 0.15) is 22.8 Å². The standard InChI is InChI=1S/C28H26FN9O5/c1-14(39)17-7-18(20(29)8-21(17)30)24-23-25(43-36-26(23)31)19(10-34-24)16-9-35-38(12-16)28(41)37(3)27-15(5-4-6-33-27)13-42-22(40)11-32-2/h4-10,12,32H,11,13,30H2,1-3H3,(H2,31,36). The molecule has 0 spiro atoms. The van der Waals surface area contributed by atoms with Crippen molar-refractivity contribution in [3.8, 4) is 22.4 Å². The molecule has 0 radical (unpaired) electrons. The van der Waals surface area contributed by atoms with Crippen LogP contribution in [0.15, 0.2) is 53.6 Å². The molecule has 4 heterocycles. The fourth-order valence-corrected chi connectivity index (χ4v) is 4.46. The molecule has 1 amide bonds. The van der Waals surface area contributed by atoms with Crippen LogP contribution in [0.5, 0.6) is 0 Å². The molecule has 14 nitrogen and oxygen atoms in total. The van der Waals surface area contributed by atoms with Gasteiger partial charge < -0.3 is 26.0 Å². The summed E-state index contributed by atoms with van der Waals surface area (Å²) < 4.78 is 26.8. The van der Waals surface area contributed by atoms with Crippen LogP contribution in [0.4, 0.5) is 26.5 Å². The summed E-state index contributed by atoms with van der Waals surface area (Å²) in [5.41, 5.74) is 13.6. The van der Waals surface area contributed by atoms with Crippen molar-refractivity contribution in [3.63, 3.8) is 0 Å². The van der Waals surface area contributed by atoms with Gasteiger partial charge >= 0.3 is 12.0 Å². The number of hydrogen-bond donors (Lipinski definition) is 3. The zero-order valence-corrected chi connectivity index (χ0v) is 23.3. The molecule has 0 saturated carbocycles. The van der Waals surface area contributed by atoms with E-state index in [-0.39, 0.29) is 64.0 Å². The molecule has 4 aromatic heterocycles. The molecule has 5 N–H and O–H groups in total. The zero-order valence-electron chi connectivity index (χ0n) is 23.3. The number of halogens is 1. The number of likely N-dealkylation sites (N-methyl/N-ethyl adjacent to an activating group) is 1. The molecule has 0 aliphatic heterocycles. The van der Waals surface area contributed by atoms with Gasteiger partial charge in [-0.1, -0.05) is 11.2 Å². The third kappa shape index (κ3) is 5.48. The van der Waals surface area contributed by atoms with Crippen molar-refractivity contribution in [2.75, 3.05) is 37.0 Å². The number of ether oxygens (including phenoxy) is 1. The number of benzene rings is 1. The van der Waals surface area contributed by atoms with E-state index in [0.29, 0.717) is 16.7 Å². The Balaban J connectivity index is 1.47. The summed E-state index contributed by atoms with van der Waals surface area (Å²) >= 11 is 0. The molecule has 0 aliphatic carbocycles. The second kappa shape index (κ2) is 11.7. The number of Topliss-reactive ketones (excluding diaryl/α,β-unsaturated/α-hetero) is 1. The van der Waals surface area contributed by atoms with Gasteiger partial charge in [0.05, 0.1) is 23.8 Å². The number of rotatable bonds is 8. The van der Waals surface area contributed by atoms with E-state index in [1.54, 1.807) is 19.2 Å². The normalized spacial score (nSPS) is 11.1. The van der Waals surface area contributed by atoms with E-state index in [2.05, 4.69) is 25.5 Å². The number of esters is 1. The van der Waals surface area contributed by atoms with Crippen molar-refractivity contribution in [2.45, 2.75) is 13.5 Å². The zero-order chi connectivity index (χ0) is 30.8. The number of nitrogens with zero attached hydrogens (tertiary/aromatic N) is 6. The lowest BCUT2D eigenvalue weighted by molar-refractivity contribution is -0.143. The number of nitrogen functional groups attached to an aromatic ring is 2. The van der Waals surface area contributed by atoms with Gasteiger partial charge in [0.1, 0.15) is 18.2 Å². The van der Waals surface area contributed by atoms with Gasteiger partial charge in [-0.25, -0.2) is 14.2 Å².